The van der Waals surface area contributed by atoms with Crippen molar-refractivity contribution >= 4 is 23.4 Å². The van der Waals surface area contributed by atoms with Gasteiger partial charge in [-0.05, 0) is 48.9 Å². The van der Waals surface area contributed by atoms with Crippen LogP contribution in [-0.4, -0.2) is 30.7 Å². The summed E-state index contributed by atoms with van der Waals surface area (Å²) in [7, 11) is 0. The summed E-state index contributed by atoms with van der Waals surface area (Å²) in [4.78, 5) is 17.8. The van der Waals surface area contributed by atoms with Gasteiger partial charge in [-0.15, -0.1) is 0 Å². The van der Waals surface area contributed by atoms with Crippen LogP contribution < -0.4 is 15.5 Å². The molecule has 1 aliphatic rings. The summed E-state index contributed by atoms with van der Waals surface area (Å²) in [6.45, 7) is 4.58. The van der Waals surface area contributed by atoms with E-state index in [1.165, 1.54) is 0 Å². The molecule has 28 heavy (non-hydrogen) atoms. The Labute approximate surface area is 163 Å². The normalized spacial score (nSPS) is 13.6. The fourth-order valence-corrected chi connectivity index (χ4v) is 3.07. The first-order valence-electron chi connectivity index (χ1n) is 9.28. The Balaban J connectivity index is 1.45. The molecule has 0 unspecified atom stereocenters. The summed E-state index contributed by atoms with van der Waals surface area (Å²) in [5, 5.41) is 5.98. The molecule has 144 valence electrons. The summed E-state index contributed by atoms with van der Waals surface area (Å²) < 4.78 is 11.3. The highest BCUT2D eigenvalue weighted by atomic mass is 16.5. The molecule has 2 N–H and O–H groups in total. The van der Waals surface area contributed by atoms with E-state index in [-0.39, 0.29) is 6.03 Å². The first-order valence-corrected chi connectivity index (χ1v) is 9.28. The lowest BCUT2D eigenvalue weighted by molar-refractivity contribution is 0.134. The van der Waals surface area contributed by atoms with E-state index in [1.54, 1.807) is 11.1 Å². The Kier molecular flexibility index (Phi) is 5.25. The zero-order valence-corrected chi connectivity index (χ0v) is 15.6. The summed E-state index contributed by atoms with van der Waals surface area (Å²) in [5.41, 5.74) is 3.73. The Morgan fingerprint density at radius 2 is 2.11 bits per heavy atom. The van der Waals surface area contributed by atoms with Crippen molar-refractivity contribution in [3.63, 3.8) is 0 Å². The number of aromatic nitrogens is 1. The lowest BCUT2D eigenvalue weighted by Crippen LogP contribution is -2.27. The fourth-order valence-electron chi connectivity index (χ4n) is 3.07. The predicted molar refractivity (Wildman–Crippen MR) is 108 cm³/mol. The van der Waals surface area contributed by atoms with Gasteiger partial charge in [-0.25, -0.2) is 9.78 Å². The summed E-state index contributed by atoms with van der Waals surface area (Å²) in [5.74, 6) is 0.658. The van der Waals surface area contributed by atoms with Crippen molar-refractivity contribution in [2.45, 2.75) is 13.5 Å². The number of urea groups is 1. The van der Waals surface area contributed by atoms with Crippen molar-refractivity contribution in [2.75, 3.05) is 29.9 Å². The molecule has 0 bridgehead atoms. The maximum Gasteiger partial charge on any atom is 0.321 e. The van der Waals surface area contributed by atoms with Crippen LogP contribution in [0.1, 0.15) is 12.5 Å². The molecule has 1 saturated heterocycles. The largest absolute Gasteiger partial charge is 0.423 e. The Bertz CT molecular complexity index is 952. The van der Waals surface area contributed by atoms with E-state index in [0.29, 0.717) is 38.1 Å². The first kappa shape index (κ1) is 18.1. The van der Waals surface area contributed by atoms with Crippen molar-refractivity contribution in [2.24, 2.45) is 0 Å². The number of carbonyl (C=O) groups is 1. The van der Waals surface area contributed by atoms with E-state index in [2.05, 4.69) is 15.6 Å². The van der Waals surface area contributed by atoms with E-state index in [9.17, 15) is 4.79 Å². The van der Waals surface area contributed by atoms with E-state index < -0.39 is 0 Å². The maximum absolute atomic E-state index is 11.8. The highest BCUT2D eigenvalue weighted by molar-refractivity contribution is 5.94. The average molecular weight is 378 g/mol. The van der Waals surface area contributed by atoms with Gasteiger partial charge in [-0.3, -0.25) is 4.90 Å². The second-order valence-electron chi connectivity index (χ2n) is 6.42. The molecule has 0 radical (unpaired) electrons. The van der Waals surface area contributed by atoms with Crippen LogP contribution in [0.25, 0.3) is 11.3 Å². The number of hydrogen-bond donors (Lipinski definition) is 2. The van der Waals surface area contributed by atoms with Crippen LogP contribution in [0.5, 0.6) is 0 Å². The van der Waals surface area contributed by atoms with Crippen LogP contribution in [0.2, 0.25) is 0 Å². The molecule has 0 aliphatic carbocycles. The first-order chi connectivity index (χ1) is 13.7. The van der Waals surface area contributed by atoms with E-state index in [0.717, 1.165) is 22.5 Å². The molecule has 3 aromatic rings. The third-order valence-electron chi connectivity index (χ3n) is 4.48. The second kappa shape index (κ2) is 8.14. The van der Waals surface area contributed by atoms with Crippen molar-refractivity contribution in [1.82, 2.24) is 10.3 Å². The molecular weight excluding hydrogens is 356 g/mol. The van der Waals surface area contributed by atoms with Crippen LogP contribution in [0, 0.1) is 0 Å². The molecular formula is C21H22N4O3. The highest BCUT2D eigenvalue weighted by Gasteiger charge is 2.21. The van der Waals surface area contributed by atoms with Crippen LogP contribution in [0.3, 0.4) is 0 Å². The lowest BCUT2D eigenvalue weighted by atomic mass is 10.1. The summed E-state index contributed by atoms with van der Waals surface area (Å²) in [6.07, 6.45) is 1.68. The number of benzene rings is 2. The van der Waals surface area contributed by atoms with Gasteiger partial charge in [-0.2, -0.15) is 0 Å². The number of hydrogen-bond acceptors (Lipinski definition) is 5. The molecule has 2 aromatic carbocycles. The van der Waals surface area contributed by atoms with Gasteiger partial charge < -0.3 is 19.8 Å². The third-order valence-corrected chi connectivity index (χ3v) is 4.48. The highest BCUT2D eigenvalue weighted by Crippen LogP contribution is 2.27. The topological polar surface area (TPSA) is 79.6 Å². The van der Waals surface area contributed by atoms with Crippen LogP contribution in [-0.2, 0) is 11.3 Å². The van der Waals surface area contributed by atoms with Crippen molar-refractivity contribution in [3.05, 3.63) is 60.3 Å². The Morgan fingerprint density at radius 1 is 1.25 bits per heavy atom. The van der Waals surface area contributed by atoms with Crippen molar-refractivity contribution < 1.29 is 13.9 Å². The van der Waals surface area contributed by atoms with Gasteiger partial charge >= 0.3 is 6.03 Å². The van der Waals surface area contributed by atoms with Gasteiger partial charge in [-0.1, -0.05) is 12.1 Å². The zero-order valence-electron chi connectivity index (χ0n) is 15.6. The lowest BCUT2D eigenvalue weighted by Gasteiger charge is -2.14. The maximum atomic E-state index is 11.8. The van der Waals surface area contributed by atoms with E-state index in [4.69, 9.17) is 9.15 Å². The molecule has 2 amide bonds. The van der Waals surface area contributed by atoms with Crippen molar-refractivity contribution in [1.29, 1.82) is 0 Å². The minimum Gasteiger partial charge on any atom is -0.423 e. The molecule has 7 nitrogen and oxygen atoms in total. The standard InChI is InChI=1S/C21H22N4O3/c1-2-27-14-15-4-3-5-17(12-15)24-20-23-13-19(28-20)16-6-8-18(9-7-16)25-11-10-22-21(25)26/h3-9,12-13H,2,10-11,14H2,1H3,(H,22,26)(H,23,24). The number of carbonyl (C=O) groups excluding carboxylic acids is 1. The molecule has 0 spiro atoms. The predicted octanol–water partition coefficient (Wildman–Crippen LogP) is 4.15. The fraction of sp³-hybridized carbons (Fsp3) is 0.238. The number of rotatable bonds is 7. The van der Waals surface area contributed by atoms with Gasteiger partial charge in [0.25, 0.3) is 6.01 Å². The number of nitrogens with one attached hydrogen (secondary N) is 2. The molecule has 0 saturated carbocycles. The quantitative estimate of drug-likeness (QED) is 0.646. The minimum atomic E-state index is -0.0644. The van der Waals surface area contributed by atoms with Gasteiger partial charge in [0.05, 0.1) is 12.8 Å². The van der Waals surface area contributed by atoms with Crippen LogP contribution in [0.15, 0.2) is 59.1 Å². The van der Waals surface area contributed by atoms with Gasteiger partial charge in [0, 0.05) is 36.6 Å². The molecule has 0 atom stereocenters. The average Bonchev–Trinajstić information content (AvgIpc) is 3.36. The molecule has 7 heteroatoms. The Hall–Kier alpha value is -3.32. The number of oxazole rings is 1. The van der Waals surface area contributed by atoms with Crippen LogP contribution in [0.4, 0.5) is 22.2 Å². The van der Waals surface area contributed by atoms with E-state index >= 15 is 0 Å². The van der Waals surface area contributed by atoms with Gasteiger partial charge in [0.15, 0.2) is 5.76 Å². The number of ether oxygens (including phenoxy) is 1. The van der Waals surface area contributed by atoms with Crippen LogP contribution >= 0.6 is 0 Å². The van der Waals surface area contributed by atoms with Crippen molar-refractivity contribution in [3.8, 4) is 11.3 Å². The third kappa shape index (κ3) is 3.99. The van der Waals surface area contributed by atoms with Gasteiger partial charge in [0.2, 0.25) is 0 Å². The number of nitrogens with zero attached hydrogens (tertiary/aromatic N) is 2. The number of amides is 2. The summed E-state index contributed by atoms with van der Waals surface area (Å²) in [6, 6.07) is 16.0. The SMILES string of the molecule is CCOCc1cccc(Nc2ncc(-c3ccc(N4CCNC4=O)cc3)o2)c1. The summed E-state index contributed by atoms with van der Waals surface area (Å²) >= 11 is 0. The molecule has 1 aliphatic heterocycles. The van der Waals surface area contributed by atoms with E-state index in [1.807, 2.05) is 55.5 Å². The Morgan fingerprint density at radius 3 is 2.86 bits per heavy atom. The minimum absolute atomic E-state index is 0.0644. The second-order valence-corrected chi connectivity index (χ2v) is 6.42. The zero-order chi connectivity index (χ0) is 19.3. The molecule has 1 aromatic heterocycles. The molecule has 4 rings (SSSR count). The smallest absolute Gasteiger partial charge is 0.321 e. The molecule has 2 heterocycles. The number of anilines is 3. The molecule has 1 fully saturated rings. The van der Waals surface area contributed by atoms with Gasteiger partial charge in [0.1, 0.15) is 0 Å². The monoisotopic (exact) mass is 378 g/mol.